The van der Waals surface area contributed by atoms with E-state index in [-0.39, 0.29) is 11.6 Å². The number of benzene rings is 1. The molecule has 0 aliphatic carbocycles. The van der Waals surface area contributed by atoms with E-state index in [0.717, 1.165) is 12.1 Å². The first-order valence-corrected chi connectivity index (χ1v) is 5.83. The minimum Gasteiger partial charge on any atom is -0.478 e. The molecule has 1 heterocycles. The lowest BCUT2D eigenvalue weighted by atomic mass is 10.1. The van der Waals surface area contributed by atoms with Crippen LogP contribution in [0.15, 0.2) is 12.1 Å². The molecule has 19 heavy (non-hydrogen) atoms. The minimum absolute atomic E-state index is 0.0660. The average Bonchev–Trinajstić information content (AvgIpc) is 2.56. The zero-order valence-electron chi connectivity index (χ0n) is 10.1. The number of carboxylic acids is 1. The summed E-state index contributed by atoms with van der Waals surface area (Å²) in [5.74, 6) is -2.26. The van der Waals surface area contributed by atoms with Gasteiger partial charge in [-0.25, -0.2) is 9.18 Å². The number of carbonyl (C=O) groups excluding carboxylic acids is 1. The Labute approximate surface area is 109 Å². The van der Waals surface area contributed by atoms with Crippen molar-refractivity contribution < 1.29 is 19.1 Å². The number of hydrogen-bond donors (Lipinski definition) is 3. The maximum Gasteiger partial charge on any atom is 0.338 e. The van der Waals surface area contributed by atoms with Crippen LogP contribution in [0.1, 0.15) is 16.8 Å². The van der Waals surface area contributed by atoms with Crippen molar-refractivity contribution in [2.75, 3.05) is 30.3 Å². The quantitative estimate of drug-likeness (QED) is 0.675. The Bertz CT molecular complexity index is 533. The number of anilines is 2. The summed E-state index contributed by atoms with van der Waals surface area (Å²) in [7, 11) is 0. The first-order valence-electron chi connectivity index (χ1n) is 5.83. The number of nitrogen functional groups attached to an aromatic ring is 1. The van der Waals surface area contributed by atoms with Crippen LogP contribution < -0.4 is 16.0 Å². The molecule has 1 aromatic carbocycles. The number of aromatic carboxylic acids is 1. The number of nitrogens with one attached hydrogen (secondary N) is 1. The van der Waals surface area contributed by atoms with Gasteiger partial charge in [0, 0.05) is 32.1 Å². The summed E-state index contributed by atoms with van der Waals surface area (Å²) in [6.07, 6.45) is 0.293. The molecular weight excluding hydrogens is 253 g/mol. The summed E-state index contributed by atoms with van der Waals surface area (Å²) in [6, 6.07) is 2.21. The van der Waals surface area contributed by atoms with Crippen molar-refractivity contribution in [3.63, 3.8) is 0 Å². The van der Waals surface area contributed by atoms with Gasteiger partial charge in [-0.3, -0.25) is 4.79 Å². The molecule has 1 aliphatic heterocycles. The Morgan fingerprint density at radius 2 is 2.16 bits per heavy atom. The third-order valence-electron chi connectivity index (χ3n) is 3.00. The highest BCUT2D eigenvalue weighted by atomic mass is 19.1. The number of nitrogens with zero attached hydrogens (tertiary/aromatic N) is 1. The fourth-order valence-electron chi connectivity index (χ4n) is 2.03. The van der Waals surface area contributed by atoms with Crippen LogP contribution in [0.25, 0.3) is 0 Å². The number of carbonyl (C=O) groups is 2. The second-order valence-electron chi connectivity index (χ2n) is 4.28. The van der Waals surface area contributed by atoms with E-state index in [9.17, 15) is 14.0 Å². The Kier molecular flexibility index (Phi) is 3.55. The molecule has 1 aromatic rings. The molecule has 7 heteroatoms. The highest BCUT2D eigenvalue weighted by molar-refractivity contribution is 5.91. The molecule has 0 saturated carbocycles. The first-order chi connectivity index (χ1) is 8.99. The van der Waals surface area contributed by atoms with Crippen molar-refractivity contribution in [2.45, 2.75) is 6.42 Å². The molecule has 6 nitrogen and oxygen atoms in total. The SMILES string of the molecule is Nc1cc(C(=O)O)c(F)cc1N1CCNC(=O)CC1. The monoisotopic (exact) mass is 267 g/mol. The number of rotatable bonds is 2. The van der Waals surface area contributed by atoms with Gasteiger partial charge in [-0.1, -0.05) is 0 Å². The van der Waals surface area contributed by atoms with Crippen LogP contribution in [-0.4, -0.2) is 36.6 Å². The van der Waals surface area contributed by atoms with Crippen molar-refractivity contribution in [1.29, 1.82) is 0 Å². The summed E-state index contributed by atoms with van der Waals surface area (Å²) in [5, 5.41) is 11.5. The maximum absolute atomic E-state index is 13.7. The molecule has 1 fully saturated rings. The number of halogens is 1. The number of hydrogen-bond acceptors (Lipinski definition) is 4. The van der Waals surface area contributed by atoms with Gasteiger partial charge in [0.15, 0.2) is 0 Å². The van der Waals surface area contributed by atoms with E-state index in [0.29, 0.717) is 31.7 Å². The molecule has 1 aliphatic rings. The van der Waals surface area contributed by atoms with Gasteiger partial charge < -0.3 is 21.1 Å². The van der Waals surface area contributed by atoms with Crippen molar-refractivity contribution in [1.82, 2.24) is 5.32 Å². The molecule has 0 bridgehead atoms. The molecule has 1 amide bonds. The predicted octanol–water partition coefficient (Wildman–Crippen LogP) is 0.432. The summed E-state index contributed by atoms with van der Waals surface area (Å²) < 4.78 is 13.7. The molecule has 0 aromatic heterocycles. The Morgan fingerprint density at radius 1 is 1.42 bits per heavy atom. The van der Waals surface area contributed by atoms with Crippen molar-refractivity contribution in [2.24, 2.45) is 0 Å². The zero-order valence-corrected chi connectivity index (χ0v) is 10.1. The summed E-state index contributed by atoms with van der Waals surface area (Å²) >= 11 is 0. The van der Waals surface area contributed by atoms with Gasteiger partial charge in [0.1, 0.15) is 5.82 Å². The van der Waals surface area contributed by atoms with E-state index in [1.165, 1.54) is 0 Å². The van der Waals surface area contributed by atoms with Crippen LogP contribution in [0.2, 0.25) is 0 Å². The molecular formula is C12H14FN3O3. The summed E-state index contributed by atoms with van der Waals surface area (Å²) in [6.45, 7) is 1.37. The zero-order chi connectivity index (χ0) is 14.0. The lowest BCUT2D eigenvalue weighted by Gasteiger charge is -2.23. The molecule has 0 spiro atoms. The van der Waals surface area contributed by atoms with Crippen molar-refractivity contribution >= 4 is 23.3 Å². The summed E-state index contributed by atoms with van der Waals surface area (Å²) in [5.41, 5.74) is 5.92. The van der Waals surface area contributed by atoms with Gasteiger partial charge in [-0.15, -0.1) is 0 Å². The second-order valence-corrected chi connectivity index (χ2v) is 4.28. The average molecular weight is 267 g/mol. The fourth-order valence-corrected chi connectivity index (χ4v) is 2.03. The van der Waals surface area contributed by atoms with Gasteiger partial charge in [0.2, 0.25) is 5.91 Å². The molecule has 0 atom stereocenters. The predicted molar refractivity (Wildman–Crippen MR) is 67.6 cm³/mol. The molecule has 4 N–H and O–H groups in total. The van der Waals surface area contributed by atoms with Crippen molar-refractivity contribution in [3.8, 4) is 0 Å². The van der Waals surface area contributed by atoms with Crippen LogP contribution in [0.3, 0.4) is 0 Å². The van der Waals surface area contributed by atoms with Crippen LogP contribution >= 0.6 is 0 Å². The molecule has 102 valence electrons. The fraction of sp³-hybridized carbons (Fsp3) is 0.333. The topological polar surface area (TPSA) is 95.7 Å². The van der Waals surface area contributed by atoms with E-state index in [1.807, 2.05) is 0 Å². The third-order valence-corrected chi connectivity index (χ3v) is 3.00. The van der Waals surface area contributed by atoms with E-state index < -0.39 is 17.3 Å². The molecule has 2 rings (SSSR count). The lowest BCUT2D eigenvalue weighted by Crippen LogP contribution is -2.29. The van der Waals surface area contributed by atoms with Gasteiger partial charge in [-0.2, -0.15) is 0 Å². The van der Waals surface area contributed by atoms with Gasteiger partial charge in [0.05, 0.1) is 16.9 Å². The van der Waals surface area contributed by atoms with Crippen LogP contribution in [0.4, 0.5) is 15.8 Å². The minimum atomic E-state index is -1.36. The van der Waals surface area contributed by atoms with E-state index in [2.05, 4.69) is 5.32 Å². The van der Waals surface area contributed by atoms with Gasteiger partial charge in [-0.05, 0) is 6.07 Å². The number of nitrogens with two attached hydrogens (primary N) is 1. The maximum atomic E-state index is 13.7. The largest absolute Gasteiger partial charge is 0.478 e. The first kappa shape index (κ1) is 13.1. The summed E-state index contributed by atoms with van der Waals surface area (Å²) in [4.78, 5) is 23.8. The van der Waals surface area contributed by atoms with E-state index in [4.69, 9.17) is 10.8 Å². The standard InChI is InChI=1S/C12H14FN3O3/c13-8-6-10(9(14)5-7(8)12(18)19)16-3-1-11(17)15-2-4-16/h5-6H,1-4,14H2,(H,15,17)(H,18,19). The van der Waals surface area contributed by atoms with E-state index in [1.54, 1.807) is 4.90 Å². The lowest BCUT2D eigenvalue weighted by molar-refractivity contribution is -0.120. The van der Waals surface area contributed by atoms with Crippen LogP contribution in [0.5, 0.6) is 0 Å². The second kappa shape index (κ2) is 5.13. The Hall–Kier alpha value is -2.31. The van der Waals surface area contributed by atoms with Gasteiger partial charge >= 0.3 is 5.97 Å². The van der Waals surface area contributed by atoms with Gasteiger partial charge in [0.25, 0.3) is 0 Å². The highest BCUT2D eigenvalue weighted by Crippen LogP contribution is 2.27. The van der Waals surface area contributed by atoms with E-state index >= 15 is 0 Å². The molecule has 0 unspecified atom stereocenters. The normalized spacial score (nSPS) is 15.8. The Balaban J connectivity index is 2.32. The smallest absolute Gasteiger partial charge is 0.338 e. The van der Waals surface area contributed by atoms with Crippen LogP contribution in [-0.2, 0) is 4.79 Å². The highest BCUT2D eigenvalue weighted by Gasteiger charge is 2.19. The van der Waals surface area contributed by atoms with Crippen LogP contribution in [0, 0.1) is 5.82 Å². The number of carboxylic acid groups (broad SMARTS) is 1. The molecule has 1 saturated heterocycles. The Morgan fingerprint density at radius 3 is 2.84 bits per heavy atom. The third kappa shape index (κ3) is 2.75. The van der Waals surface area contributed by atoms with Crippen molar-refractivity contribution in [3.05, 3.63) is 23.5 Å². The molecule has 0 radical (unpaired) electrons. The number of amides is 1.